The molecule has 6 nitrogen and oxygen atoms in total. The highest BCUT2D eigenvalue weighted by Gasteiger charge is 2.34. The van der Waals surface area contributed by atoms with Crippen LogP contribution in [0.15, 0.2) is 42.5 Å². The Labute approximate surface area is 196 Å². The van der Waals surface area contributed by atoms with Gasteiger partial charge in [0.05, 0.1) is 28.6 Å². The lowest BCUT2D eigenvalue weighted by Crippen LogP contribution is -2.40. The second kappa shape index (κ2) is 11.1. The average Bonchev–Trinajstić information content (AvgIpc) is 2.68. The van der Waals surface area contributed by atoms with Crippen molar-refractivity contribution in [3.8, 4) is 5.75 Å². The van der Waals surface area contributed by atoms with Gasteiger partial charge in [-0.1, -0.05) is 23.7 Å². The Balaban J connectivity index is 1.99. The molecule has 0 aromatic heterocycles. The van der Waals surface area contributed by atoms with E-state index in [1.165, 1.54) is 0 Å². The molecule has 1 amide bonds. The number of sulfonamides is 1. The predicted molar refractivity (Wildman–Crippen MR) is 122 cm³/mol. The fourth-order valence-electron chi connectivity index (χ4n) is 3.04. The number of halogens is 4. The van der Waals surface area contributed by atoms with Crippen molar-refractivity contribution < 1.29 is 31.1 Å². The third-order valence-corrected chi connectivity index (χ3v) is 5.94. The molecule has 0 saturated heterocycles. The predicted octanol–water partition coefficient (Wildman–Crippen LogP) is 4.66. The van der Waals surface area contributed by atoms with Gasteiger partial charge in [0.15, 0.2) is 0 Å². The molecule has 0 aliphatic carbocycles. The summed E-state index contributed by atoms with van der Waals surface area (Å²) in [6.07, 6.45) is -2.68. The smallest absolute Gasteiger partial charge is 0.417 e. The fourth-order valence-corrected chi connectivity index (χ4v) is 4.11. The number of hydrogen-bond donors (Lipinski definition) is 1. The number of anilines is 1. The Morgan fingerprint density at radius 1 is 1.18 bits per heavy atom. The average molecular weight is 507 g/mol. The highest BCUT2D eigenvalue weighted by molar-refractivity contribution is 7.92. The van der Waals surface area contributed by atoms with Crippen molar-refractivity contribution in [2.75, 3.05) is 23.7 Å². The zero-order valence-electron chi connectivity index (χ0n) is 18.4. The summed E-state index contributed by atoms with van der Waals surface area (Å²) in [6.45, 7) is 3.46. The summed E-state index contributed by atoms with van der Waals surface area (Å²) in [7, 11) is -4.03. The van der Waals surface area contributed by atoms with Crippen LogP contribution in [0.4, 0.5) is 18.9 Å². The number of benzene rings is 2. The SMILES string of the molecule is CC(C)Oc1cccc(CCCNC(=O)CN(c2ccc(Cl)c(C(F)(F)F)c2)S(C)(=O)=O)c1. The molecule has 182 valence electrons. The highest BCUT2D eigenvalue weighted by atomic mass is 35.5. The van der Waals surface area contributed by atoms with Crippen LogP contribution in [-0.2, 0) is 27.4 Å². The van der Waals surface area contributed by atoms with Crippen LogP contribution in [0.2, 0.25) is 5.02 Å². The normalized spacial score (nSPS) is 12.0. The zero-order valence-corrected chi connectivity index (χ0v) is 20.0. The number of carbonyl (C=O) groups excluding carboxylic acids is 1. The van der Waals surface area contributed by atoms with Gasteiger partial charge in [-0.15, -0.1) is 0 Å². The van der Waals surface area contributed by atoms with Gasteiger partial charge in [-0.2, -0.15) is 13.2 Å². The van der Waals surface area contributed by atoms with Crippen LogP contribution in [0.1, 0.15) is 31.4 Å². The van der Waals surface area contributed by atoms with Crippen molar-refractivity contribution in [3.05, 3.63) is 58.6 Å². The molecule has 2 aromatic rings. The van der Waals surface area contributed by atoms with E-state index in [-0.39, 0.29) is 18.3 Å². The Morgan fingerprint density at radius 3 is 2.48 bits per heavy atom. The molecule has 0 unspecified atom stereocenters. The van der Waals surface area contributed by atoms with Crippen LogP contribution in [-0.4, -0.2) is 39.8 Å². The van der Waals surface area contributed by atoms with Crippen LogP contribution in [0, 0.1) is 0 Å². The van der Waals surface area contributed by atoms with Crippen molar-refractivity contribution in [2.45, 2.75) is 39.0 Å². The molecule has 0 aliphatic heterocycles. The Morgan fingerprint density at radius 2 is 1.88 bits per heavy atom. The quantitative estimate of drug-likeness (QED) is 0.475. The molecule has 2 rings (SSSR count). The summed E-state index contributed by atoms with van der Waals surface area (Å²) >= 11 is 5.60. The van der Waals surface area contributed by atoms with E-state index in [2.05, 4.69) is 5.32 Å². The van der Waals surface area contributed by atoms with E-state index >= 15 is 0 Å². The second-order valence-corrected chi connectivity index (χ2v) is 10.0. The standard InChI is InChI=1S/C22H26ClF3N2O4S/c1-15(2)32-18-8-4-6-16(12-18)7-5-11-27-21(29)14-28(33(3,30)31)17-9-10-20(23)19(13-17)22(24,25)26/h4,6,8-10,12-13,15H,5,7,11,14H2,1-3H3,(H,27,29). The lowest BCUT2D eigenvalue weighted by Gasteiger charge is -2.23. The number of amides is 1. The Bertz CT molecular complexity index is 1080. The third-order valence-electron chi connectivity index (χ3n) is 4.47. The minimum absolute atomic E-state index is 0.0465. The minimum atomic E-state index is -4.77. The van der Waals surface area contributed by atoms with Crippen molar-refractivity contribution in [1.82, 2.24) is 5.32 Å². The maximum atomic E-state index is 13.1. The van der Waals surface area contributed by atoms with Crippen molar-refractivity contribution in [2.24, 2.45) is 0 Å². The van der Waals surface area contributed by atoms with Crippen LogP contribution in [0.5, 0.6) is 5.75 Å². The van der Waals surface area contributed by atoms with Crippen LogP contribution >= 0.6 is 11.6 Å². The van der Waals surface area contributed by atoms with E-state index in [0.29, 0.717) is 23.2 Å². The molecule has 0 saturated carbocycles. The van der Waals surface area contributed by atoms with Crippen molar-refractivity contribution in [3.63, 3.8) is 0 Å². The topological polar surface area (TPSA) is 75.7 Å². The highest BCUT2D eigenvalue weighted by Crippen LogP contribution is 2.37. The molecule has 33 heavy (non-hydrogen) atoms. The van der Waals surface area contributed by atoms with Crippen LogP contribution in [0.25, 0.3) is 0 Å². The first-order valence-corrected chi connectivity index (χ1v) is 12.4. The van der Waals surface area contributed by atoms with E-state index in [1.54, 1.807) is 0 Å². The largest absolute Gasteiger partial charge is 0.491 e. The number of rotatable bonds is 10. The molecule has 0 spiro atoms. The summed E-state index contributed by atoms with van der Waals surface area (Å²) < 4.78 is 70.0. The summed E-state index contributed by atoms with van der Waals surface area (Å²) in [4.78, 5) is 12.3. The molecular formula is C22H26ClF3N2O4S. The molecule has 11 heteroatoms. The molecule has 2 aromatic carbocycles. The van der Waals surface area contributed by atoms with Gasteiger partial charge in [-0.25, -0.2) is 8.42 Å². The van der Waals surface area contributed by atoms with Gasteiger partial charge in [-0.3, -0.25) is 9.10 Å². The van der Waals surface area contributed by atoms with Gasteiger partial charge in [0, 0.05) is 6.54 Å². The summed E-state index contributed by atoms with van der Waals surface area (Å²) in [6, 6.07) is 10.3. The molecular weight excluding hydrogens is 481 g/mol. The molecule has 0 radical (unpaired) electrons. The van der Waals surface area contributed by atoms with E-state index in [0.717, 1.165) is 29.7 Å². The molecule has 0 atom stereocenters. The summed E-state index contributed by atoms with van der Waals surface area (Å²) in [5.41, 5.74) is -0.466. The van der Waals surface area contributed by atoms with Gasteiger partial charge in [0.25, 0.3) is 0 Å². The van der Waals surface area contributed by atoms with Crippen molar-refractivity contribution in [1.29, 1.82) is 0 Å². The molecule has 0 fully saturated rings. The van der Waals surface area contributed by atoms with Gasteiger partial charge < -0.3 is 10.1 Å². The molecule has 0 heterocycles. The number of alkyl halides is 3. The van der Waals surface area contributed by atoms with Crippen molar-refractivity contribution >= 4 is 33.2 Å². The minimum Gasteiger partial charge on any atom is -0.491 e. The maximum absolute atomic E-state index is 13.1. The van der Waals surface area contributed by atoms with E-state index < -0.39 is 39.2 Å². The number of ether oxygens (including phenoxy) is 1. The summed E-state index contributed by atoms with van der Waals surface area (Å²) in [5.74, 6) is 0.109. The first-order valence-electron chi connectivity index (χ1n) is 10.1. The second-order valence-electron chi connectivity index (χ2n) is 7.70. The van der Waals surface area contributed by atoms with Crippen LogP contribution < -0.4 is 14.4 Å². The van der Waals surface area contributed by atoms with Gasteiger partial charge in [0.1, 0.15) is 12.3 Å². The van der Waals surface area contributed by atoms with Gasteiger partial charge in [0.2, 0.25) is 15.9 Å². The first-order chi connectivity index (χ1) is 15.3. The number of nitrogens with one attached hydrogen (secondary N) is 1. The van der Waals surface area contributed by atoms with Gasteiger partial charge >= 0.3 is 6.18 Å². The van der Waals surface area contributed by atoms with E-state index in [1.807, 2.05) is 38.1 Å². The lowest BCUT2D eigenvalue weighted by molar-refractivity contribution is -0.137. The van der Waals surface area contributed by atoms with E-state index in [4.69, 9.17) is 16.3 Å². The zero-order chi connectivity index (χ0) is 24.8. The number of nitrogens with zero attached hydrogens (tertiary/aromatic N) is 1. The Hall–Kier alpha value is -2.46. The molecule has 0 aliphatic rings. The summed E-state index contributed by atoms with van der Waals surface area (Å²) in [5, 5.41) is 2.04. The number of carbonyl (C=O) groups is 1. The molecule has 0 bridgehead atoms. The van der Waals surface area contributed by atoms with E-state index in [9.17, 15) is 26.4 Å². The lowest BCUT2D eigenvalue weighted by atomic mass is 10.1. The third kappa shape index (κ3) is 8.43. The fraction of sp³-hybridized carbons (Fsp3) is 0.409. The number of hydrogen-bond acceptors (Lipinski definition) is 4. The Kier molecular flexibility index (Phi) is 9.02. The van der Waals surface area contributed by atoms with Gasteiger partial charge in [-0.05, 0) is 62.6 Å². The monoisotopic (exact) mass is 506 g/mol. The van der Waals surface area contributed by atoms with Crippen LogP contribution in [0.3, 0.4) is 0 Å². The number of aryl methyl sites for hydroxylation is 1. The molecule has 1 N–H and O–H groups in total. The maximum Gasteiger partial charge on any atom is 0.417 e. The first kappa shape index (κ1) is 26.8.